The monoisotopic (exact) mass is 280 g/mol. The molecule has 104 valence electrons. The molecule has 0 fully saturated rings. The van der Waals surface area contributed by atoms with Crippen molar-refractivity contribution < 1.29 is 18.0 Å². The van der Waals surface area contributed by atoms with Crippen molar-refractivity contribution in [3.63, 3.8) is 0 Å². The molecule has 1 aromatic heterocycles. The van der Waals surface area contributed by atoms with Crippen LogP contribution < -0.4 is 0 Å². The second-order valence-corrected chi connectivity index (χ2v) is 4.42. The molecule has 0 radical (unpaired) electrons. The summed E-state index contributed by atoms with van der Waals surface area (Å²) in [6, 6.07) is 7.75. The van der Waals surface area contributed by atoms with Gasteiger partial charge in [-0.15, -0.1) is 10.2 Å². The van der Waals surface area contributed by atoms with E-state index in [0.29, 0.717) is 5.56 Å². The van der Waals surface area contributed by atoms with Crippen molar-refractivity contribution in [1.29, 1.82) is 0 Å². The predicted molar refractivity (Wildman–Crippen MR) is 67.2 cm³/mol. The summed E-state index contributed by atoms with van der Waals surface area (Å²) in [7, 11) is 0. The molecule has 0 aliphatic carbocycles. The zero-order valence-electron chi connectivity index (χ0n) is 10.8. The second-order valence-electron chi connectivity index (χ2n) is 4.42. The summed E-state index contributed by atoms with van der Waals surface area (Å²) in [4.78, 5) is 11.2. The largest absolute Gasteiger partial charge is 0.418 e. The van der Waals surface area contributed by atoms with Crippen molar-refractivity contribution in [1.82, 2.24) is 10.2 Å². The van der Waals surface area contributed by atoms with E-state index in [-0.39, 0.29) is 5.69 Å². The van der Waals surface area contributed by atoms with E-state index < -0.39 is 23.2 Å². The normalized spacial score (nSPS) is 11.4. The van der Waals surface area contributed by atoms with E-state index in [2.05, 4.69) is 10.2 Å². The smallest absolute Gasteiger partial charge is 0.293 e. The molecular formula is C14H11F3N2O. The number of carbonyl (C=O) groups is 1. The number of aryl methyl sites for hydroxylation is 1. The molecule has 0 atom stereocenters. The van der Waals surface area contributed by atoms with Crippen molar-refractivity contribution in [2.75, 3.05) is 0 Å². The highest BCUT2D eigenvalue weighted by Crippen LogP contribution is 2.33. The molecule has 6 heteroatoms. The topological polar surface area (TPSA) is 42.9 Å². The molecule has 0 unspecified atom stereocenters. The van der Waals surface area contributed by atoms with E-state index in [1.165, 1.54) is 0 Å². The standard InChI is InChI=1S/C14H11F3N2O/c1-8-4-3-5-10(6-8)12-7-11(14(15,16)17)13(9(2)20)19-18-12/h3-7H,1-2H3. The fourth-order valence-electron chi connectivity index (χ4n) is 1.81. The SMILES string of the molecule is CC(=O)c1nnc(-c2cccc(C)c2)cc1C(F)(F)F. The molecule has 0 saturated heterocycles. The van der Waals surface area contributed by atoms with E-state index in [4.69, 9.17) is 0 Å². The maximum Gasteiger partial charge on any atom is 0.418 e. The average Bonchev–Trinajstić information content (AvgIpc) is 2.37. The number of alkyl halides is 3. The Morgan fingerprint density at radius 2 is 1.85 bits per heavy atom. The van der Waals surface area contributed by atoms with Crippen molar-refractivity contribution in [3.8, 4) is 11.3 Å². The van der Waals surface area contributed by atoms with Crippen LogP contribution in [0.5, 0.6) is 0 Å². The number of halogens is 3. The maximum absolute atomic E-state index is 13.0. The number of aromatic nitrogens is 2. The van der Waals surface area contributed by atoms with Crippen LogP contribution in [0, 0.1) is 6.92 Å². The molecule has 0 amide bonds. The van der Waals surface area contributed by atoms with Gasteiger partial charge in [0.15, 0.2) is 5.78 Å². The summed E-state index contributed by atoms with van der Waals surface area (Å²) in [6.07, 6.45) is -4.64. The summed E-state index contributed by atoms with van der Waals surface area (Å²) < 4.78 is 38.9. The highest BCUT2D eigenvalue weighted by atomic mass is 19.4. The molecule has 2 aromatic rings. The van der Waals surface area contributed by atoms with Gasteiger partial charge in [0, 0.05) is 12.5 Å². The van der Waals surface area contributed by atoms with E-state index in [1.807, 2.05) is 13.0 Å². The third-order valence-electron chi connectivity index (χ3n) is 2.75. The van der Waals surface area contributed by atoms with Crippen LogP contribution in [0.4, 0.5) is 13.2 Å². The third-order valence-corrected chi connectivity index (χ3v) is 2.75. The van der Waals surface area contributed by atoms with Crippen LogP contribution in [0.15, 0.2) is 30.3 Å². The molecule has 0 saturated carbocycles. The van der Waals surface area contributed by atoms with Crippen molar-refractivity contribution in [2.45, 2.75) is 20.0 Å². The molecule has 20 heavy (non-hydrogen) atoms. The zero-order chi connectivity index (χ0) is 14.9. The first kappa shape index (κ1) is 14.2. The molecule has 3 nitrogen and oxygen atoms in total. The van der Waals surface area contributed by atoms with Gasteiger partial charge in [0.05, 0.1) is 11.3 Å². The summed E-state index contributed by atoms with van der Waals surface area (Å²) in [6.45, 7) is 2.86. The van der Waals surface area contributed by atoms with E-state index >= 15 is 0 Å². The Labute approximate surface area is 113 Å². The Hall–Kier alpha value is -2.24. The van der Waals surface area contributed by atoms with Gasteiger partial charge in [-0.3, -0.25) is 4.79 Å². The van der Waals surface area contributed by atoms with Crippen LogP contribution in [0.3, 0.4) is 0 Å². The molecule has 2 rings (SSSR count). The lowest BCUT2D eigenvalue weighted by atomic mass is 10.1. The number of nitrogens with zero attached hydrogens (tertiary/aromatic N) is 2. The minimum absolute atomic E-state index is 0.0889. The molecule has 0 bridgehead atoms. The Bertz CT molecular complexity index is 666. The zero-order valence-corrected chi connectivity index (χ0v) is 10.8. The van der Waals surface area contributed by atoms with Crippen LogP contribution >= 0.6 is 0 Å². The Kier molecular flexibility index (Phi) is 3.57. The lowest BCUT2D eigenvalue weighted by Gasteiger charge is -2.11. The minimum atomic E-state index is -4.64. The first-order chi connectivity index (χ1) is 9.29. The van der Waals surface area contributed by atoms with Gasteiger partial charge in [-0.25, -0.2) is 0 Å². The van der Waals surface area contributed by atoms with Gasteiger partial charge in [0.25, 0.3) is 0 Å². The number of hydrogen-bond donors (Lipinski definition) is 0. The lowest BCUT2D eigenvalue weighted by molar-refractivity contribution is -0.138. The fraction of sp³-hybridized carbons (Fsp3) is 0.214. The molecule has 0 aliphatic rings. The van der Waals surface area contributed by atoms with Crippen LogP contribution in [0.1, 0.15) is 28.5 Å². The summed E-state index contributed by atoms with van der Waals surface area (Å²) in [5.74, 6) is -0.763. The van der Waals surface area contributed by atoms with Crippen LogP contribution in [-0.2, 0) is 6.18 Å². The van der Waals surface area contributed by atoms with Crippen molar-refractivity contribution in [2.24, 2.45) is 0 Å². The van der Waals surface area contributed by atoms with Gasteiger partial charge in [-0.05, 0) is 19.1 Å². The van der Waals surface area contributed by atoms with Crippen molar-refractivity contribution >= 4 is 5.78 Å². The fourth-order valence-corrected chi connectivity index (χ4v) is 1.81. The van der Waals surface area contributed by atoms with Gasteiger partial charge in [-0.2, -0.15) is 13.2 Å². The predicted octanol–water partition coefficient (Wildman–Crippen LogP) is 3.67. The van der Waals surface area contributed by atoms with Gasteiger partial charge in [-0.1, -0.05) is 23.8 Å². The molecule has 1 aromatic carbocycles. The van der Waals surface area contributed by atoms with Gasteiger partial charge in [0.2, 0.25) is 0 Å². The van der Waals surface area contributed by atoms with Crippen molar-refractivity contribution in [3.05, 3.63) is 47.2 Å². The van der Waals surface area contributed by atoms with Crippen LogP contribution in [0.2, 0.25) is 0 Å². The Morgan fingerprint density at radius 3 is 2.40 bits per heavy atom. The number of hydrogen-bond acceptors (Lipinski definition) is 3. The minimum Gasteiger partial charge on any atom is -0.293 e. The van der Waals surface area contributed by atoms with E-state index in [0.717, 1.165) is 18.6 Å². The van der Waals surface area contributed by atoms with Crippen LogP contribution in [-0.4, -0.2) is 16.0 Å². The Balaban J connectivity index is 2.61. The average molecular weight is 280 g/mol. The third kappa shape index (κ3) is 2.84. The number of carbonyl (C=O) groups excluding carboxylic acids is 1. The molecule has 1 heterocycles. The highest BCUT2D eigenvalue weighted by Gasteiger charge is 2.36. The van der Waals surface area contributed by atoms with Gasteiger partial charge < -0.3 is 0 Å². The van der Waals surface area contributed by atoms with Gasteiger partial charge >= 0.3 is 6.18 Å². The first-order valence-corrected chi connectivity index (χ1v) is 5.82. The lowest BCUT2D eigenvalue weighted by Crippen LogP contribution is -2.15. The number of ketones is 1. The molecule has 0 N–H and O–H groups in total. The quantitative estimate of drug-likeness (QED) is 0.788. The van der Waals surface area contributed by atoms with E-state index in [1.54, 1.807) is 18.2 Å². The number of rotatable bonds is 2. The van der Waals surface area contributed by atoms with E-state index in [9.17, 15) is 18.0 Å². The highest BCUT2D eigenvalue weighted by molar-refractivity contribution is 5.93. The van der Waals surface area contributed by atoms with Crippen LogP contribution in [0.25, 0.3) is 11.3 Å². The first-order valence-electron chi connectivity index (χ1n) is 5.82. The second kappa shape index (κ2) is 5.03. The molecule has 0 aliphatic heterocycles. The number of benzene rings is 1. The molecular weight excluding hydrogens is 269 g/mol. The summed E-state index contributed by atoms with van der Waals surface area (Å²) >= 11 is 0. The summed E-state index contributed by atoms with van der Waals surface area (Å²) in [5, 5.41) is 7.15. The molecule has 0 spiro atoms. The van der Waals surface area contributed by atoms with Gasteiger partial charge in [0.1, 0.15) is 5.69 Å². The summed E-state index contributed by atoms with van der Waals surface area (Å²) in [5.41, 5.74) is -0.206. The number of Topliss-reactive ketones (excluding diaryl/α,β-unsaturated/α-hetero) is 1. The maximum atomic E-state index is 13.0. The Morgan fingerprint density at radius 1 is 1.15 bits per heavy atom.